The maximum atomic E-state index is 12.7. The number of phenolic OH excluding ortho intramolecular Hbond substituents is 1. The Balaban J connectivity index is 1.59. The van der Waals surface area contributed by atoms with Gasteiger partial charge in [0.1, 0.15) is 11.8 Å². The molecule has 7 heteroatoms. The monoisotopic (exact) mass is 364 g/mol. The predicted octanol–water partition coefficient (Wildman–Crippen LogP) is 1.38. The molecule has 0 spiro atoms. The fraction of sp³-hybridized carbons (Fsp3) is 0.200. The predicted molar refractivity (Wildman–Crippen MR) is 94.0 cm³/mol. The van der Waals surface area contributed by atoms with Gasteiger partial charge in [-0.3, -0.25) is 24.5 Å². The lowest BCUT2D eigenvalue weighted by atomic mass is 9.99. The number of hydrogen-bond donors (Lipinski definition) is 2. The van der Waals surface area contributed by atoms with E-state index in [-0.39, 0.29) is 36.3 Å². The number of fused-ring (bicyclic) bond motifs is 1. The molecule has 2 aromatic rings. The second-order valence-electron chi connectivity index (χ2n) is 6.65. The molecule has 0 radical (unpaired) electrons. The summed E-state index contributed by atoms with van der Waals surface area (Å²) in [4.78, 5) is 50.1. The van der Waals surface area contributed by atoms with Crippen LogP contribution in [0.3, 0.4) is 0 Å². The Morgan fingerprint density at radius 3 is 2.44 bits per heavy atom. The molecule has 1 unspecified atom stereocenters. The summed E-state index contributed by atoms with van der Waals surface area (Å²) < 4.78 is 0. The van der Waals surface area contributed by atoms with Crippen LogP contribution >= 0.6 is 0 Å². The molecule has 2 heterocycles. The molecule has 0 bridgehead atoms. The van der Waals surface area contributed by atoms with E-state index in [1.54, 1.807) is 18.2 Å². The van der Waals surface area contributed by atoms with E-state index in [0.29, 0.717) is 28.7 Å². The Bertz CT molecular complexity index is 980. The number of phenols is 1. The van der Waals surface area contributed by atoms with Gasteiger partial charge in [0.15, 0.2) is 5.78 Å². The first-order valence-corrected chi connectivity index (χ1v) is 8.55. The largest absolute Gasteiger partial charge is 0.508 e. The number of amides is 3. The zero-order valence-corrected chi connectivity index (χ0v) is 14.3. The highest BCUT2D eigenvalue weighted by molar-refractivity contribution is 6.10. The summed E-state index contributed by atoms with van der Waals surface area (Å²) in [5, 5.41) is 11.6. The highest BCUT2D eigenvalue weighted by Gasteiger charge is 2.39. The summed E-state index contributed by atoms with van der Waals surface area (Å²) in [7, 11) is 0. The van der Waals surface area contributed by atoms with Crippen molar-refractivity contribution < 1.29 is 24.3 Å². The van der Waals surface area contributed by atoms with E-state index in [2.05, 4.69) is 5.32 Å². The van der Waals surface area contributed by atoms with Crippen LogP contribution in [0.4, 0.5) is 0 Å². The average Bonchev–Trinajstić information content (AvgIpc) is 2.98. The number of piperidine rings is 1. The van der Waals surface area contributed by atoms with E-state index in [4.69, 9.17) is 0 Å². The molecule has 1 saturated heterocycles. The van der Waals surface area contributed by atoms with Crippen LogP contribution in [0.1, 0.15) is 44.7 Å². The summed E-state index contributed by atoms with van der Waals surface area (Å²) >= 11 is 0. The van der Waals surface area contributed by atoms with Crippen LogP contribution in [0, 0.1) is 0 Å². The zero-order valence-electron chi connectivity index (χ0n) is 14.3. The highest BCUT2D eigenvalue weighted by Crippen LogP contribution is 2.29. The number of carbonyl (C=O) groups excluding carboxylic acids is 4. The number of carbonyl (C=O) groups is 4. The second-order valence-corrected chi connectivity index (χ2v) is 6.65. The second kappa shape index (κ2) is 6.35. The zero-order chi connectivity index (χ0) is 19.1. The van der Waals surface area contributed by atoms with Gasteiger partial charge in [-0.1, -0.05) is 6.07 Å². The lowest BCUT2D eigenvalue weighted by Crippen LogP contribution is -2.52. The van der Waals surface area contributed by atoms with E-state index in [9.17, 15) is 24.3 Å². The third-order valence-electron chi connectivity index (χ3n) is 4.92. The number of imide groups is 1. The third kappa shape index (κ3) is 2.97. The van der Waals surface area contributed by atoms with Gasteiger partial charge in [0.25, 0.3) is 5.91 Å². The molecule has 27 heavy (non-hydrogen) atoms. The average molecular weight is 364 g/mol. The van der Waals surface area contributed by atoms with Crippen molar-refractivity contribution in [3.05, 3.63) is 64.7 Å². The van der Waals surface area contributed by atoms with Gasteiger partial charge in [0.2, 0.25) is 11.8 Å². The van der Waals surface area contributed by atoms with Crippen molar-refractivity contribution in [1.29, 1.82) is 0 Å². The fourth-order valence-corrected chi connectivity index (χ4v) is 3.50. The van der Waals surface area contributed by atoms with E-state index in [1.807, 2.05) is 0 Å². The molecule has 2 aliphatic heterocycles. The van der Waals surface area contributed by atoms with E-state index in [1.165, 1.54) is 29.2 Å². The summed E-state index contributed by atoms with van der Waals surface area (Å²) in [6.07, 6.45) is 0.491. The van der Waals surface area contributed by atoms with Gasteiger partial charge in [-0.05, 0) is 48.4 Å². The van der Waals surface area contributed by atoms with Crippen molar-refractivity contribution >= 4 is 23.5 Å². The van der Waals surface area contributed by atoms with Crippen LogP contribution in [-0.4, -0.2) is 39.6 Å². The van der Waals surface area contributed by atoms with Crippen molar-refractivity contribution in [3.8, 4) is 5.75 Å². The molecule has 2 aromatic carbocycles. The van der Waals surface area contributed by atoms with Crippen LogP contribution in [0.2, 0.25) is 0 Å². The van der Waals surface area contributed by atoms with Crippen LogP contribution < -0.4 is 5.32 Å². The van der Waals surface area contributed by atoms with Gasteiger partial charge in [0, 0.05) is 29.7 Å². The number of nitrogens with one attached hydrogen (secondary N) is 1. The Hall–Kier alpha value is -3.48. The number of hydrogen-bond acceptors (Lipinski definition) is 5. The standard InChI is InChI=1S/C20H16N2O5/c23-14-4-1-11(2-5-14)18(25)12-3-6-15-13(9-12)10-22(20(15)27)16-7-8-17(24)21-19(16)26/h1-6,9,16,23H,7-8,10H2,(H,21,24,26). The van der Waals surface area contributed by atoms with Crippen LogP contribution in [-0.2, 0) is 16.1 Å². The first-order valence-electron chi connectivity index (χ1n) is 8.55. The van der Waals surface area contributed by atoms with E-state index < -0.39 is 11.9 Å². The van der Waals surface area contributed by atoms with Crippen molar-refractivity contribution in [2.75, 3.05) is 0 Å². The Morgan fingerprint density at radius 2 is 1.74 bits per heavy atom. The number of ketones is 1. The maximum absolute atomic E-state index is 12.7. The van der Waals surface area contributed by atoms with Crippen molar-refractivity contribution in [2.24, 2.45) is 0 Å². The Labute approximate surface area is 154 Å². The highest BCUT2D eigenvalue weighted by atomic mass is 16.3. The smallest absolute Gasteiger partial charge is 0.255 e. The Kier molecular flexibility index (Phi) is 3.99. The van der Waals surface area contributed by atoms with Crippen LogP contribution in [0.5, 0.6) is 5.75 Å². The summed E-state index contributed by atoms with van der Waals surface area (Å²) in [6, 6.07) is 10.1. The van der Waals surface area contributed by atoms with Crippen LogP contribution in [0.15, 0.2) is 42.5 Å². The minimum Gasteiger partial charge on any atom is -0.508 e. The van der Waals surface area contributed by atoms with Crippen molar-refractivity contribution in [2.45, 2.75) is 25.4 Å². The van der Waals surface area contributed by atoms with Gasteiger partial charge in [0.05, 0.1) is 0 Å². The van der Waals surface area contributed by atoms with Crippen LogP contribution in [0.25, 0.3) is 0 Å². The first kappa shape index (κ1) is 17.0. The molecule has 0 saturated carbocycles. The number of rotatable bonds is 3. The first-order chi connectivity index (χ1) is 12.9. The topological polar surface area (TPSA) is 104 Å². The molecule has 3 amide bonds. The number of aromatic hydroxyl groups is 1. The minimum absolute atomic E-state index is 0.0750. The third-order valence-corrected chi connectivity index (χ3v) is 4.92. The van der Waals surface area contributed by atoms with Gasteiger partial charge >= 0.3 is 0 Å². The molecule has 0 aliphatic carbocycles. The minimum atomic E-state index is -0.682. The lowest BCUT2D eigenvalue weighted by Gasteiger charge is -2.29. The fourth-order valence-electron chi connectivity index (χ4n) is 3.50. The maximum Gasteiger partial charge on any atom is 0.255 e. The van der Waals surface area contributed by atoms with E-state index >= 15 is 0 Å². The molecule has 136 valence electrons. The molecule has 2 aliphatic rings. The molecule has 1 fully saturated rings. The normalized spacial score (nSPS) is 19.0. The molecule has 0 aromatic heterocycles. The molecular weight excluding hydrogens is 348 g/mol. The summed E-state index contributed by atoms with van der Waals surface area (Å²) in [5.41, 5.74) is 1.99. The van der Waals surface area contributed by atoms with Gasteiger partial charge < -0.3 is 10.0 Å². The molecule has 1 atom stereocenters. The van der Waals surface area contributed by atoms with Gasteiger partial charge in [-0.25, -0.2) is 0 Å². The molecule has 4 rings (SSSR count). The van der Waals surface area contributed by atoms with Crippen molar-refractivity contribution in [1.82, 2.24) is 10.2 Å². The Morgan fingerprint density at radius 1 is 1.04 bits per heavy atom. The molecule has 2 N–H and O–H groups in total. The lowest BCUT2D eigenvalue weighted by molar-refractivity contribution is -0.136. The number of nitrogens with zero attached hydrogens (tertiary/aromatic N) is 1. The molecule has 7 nitrogen and oxygen atoms in total. The molecular formula is C20H16N2O5. The summed E-state index contributed by atoms with van der Waals surface area (Å²) in [5.74, 6) is -1.21. The van der Waals surface area contributed by atoms with E-state index in [0.717, 1.165) is 0 Å². The number of benzene rings is 2. The summed E-state index contributed by atoms with van der Waals surface area (Å²) in [6.45, 7) is 0.219. The quantitative estimate of drug-likeness (QED) is 0.633. The van der Waals surface area contributed by atoms with Crippen molar-refractivity contribution in [3.63, 3.8) is 0 Å². The van der Waals surface area contributed by atoms with Gasteiger partial charge in [-0.2, -0.15) is 0 Å². The SMILES string of the molecule is O=C1CCC(N2Cc3cc(C(=O)c4ccc(O)cc4)ccc3C2=O)C(=O)N1. The van der Waals surface area contributed by atoms with Gasteiger partial charge in [-0.15, -0.1) is 0 Å².